The van der Waals surface area contributed by atoms with Gasteiger partial charge in [-0.25, -0.2) is 0 Å². The van der Waals surface area contributed by atoms with Crippen LogP contribution < -0.4 is 0 Å². The SMILES string of the molecule is CN1C=NC2CCC(C(=O)O)CC21. The average molecular weight is 182 g/mol. The van der Waals surface area contributed by atoms with Gasteiger partial charge >= 0.3 is 5.97 Å². The molecule has 2 aliphatic rings. The summed E-state index contributed by atoms with van der Waals surface area (Å²) in [6, 6.07) is 0.676. The van der Waals surface area contributed by atoms with Gasteiger partial charge in [-0.3, -0.25) is 9.79 Å². The molecule has 0 aromatic carbocycles. The number of aliphatic imine (C=N–C) groups is 1. The van der Waals surface area contributed by atoms with E-state index in [1.54, 1.807) is 0 Å². The summed E-state index contributed by atoms with van der Waals surface area (Å²) in [5.74, 6) is -0.816. The van der Waals surface area contributed by atoms with Gasteiger partial charge in [-0.2, -0.15) is 0 Å². The first-order valence-electron chi connectivity index (χ1n) is 4.66. The topological polar surface area (TPSA) is 52.9 Å². The van der Waals surface area contributed by atoms with Crippen molar-refractivity contribution in [2.45, 2.75) is 31.3 Å². The van der Waals surface area contributed by atoms with Crippen LogP contribution in [0, 0.1) is 5.92 Å². The van der Waals surface area contributed by atoms with E-state index in [0.29, 0.717) is 12.1 Å². The predicted molar refractivity (Wildman–Crippen MR) is 48.8 cm³/mol. The molecule has 1 saturated carbocycles. The van der Waals surface area contributed by atoms with Crippen LogP contribution in [0.3, 0.4) is 0 Å². The van der Waals surface area contributed by atoms with Crippen molar-refractivity contribution >= 4 is 12.3 Å². The number of aliphatic carboxylic acids is 1. The molecule has 4 heteroatoms. The summed E-state index contributed by atoms with van der Waals surface area (Å²) in [6.45, 7) is 0. The second-order valence-corrected chi connectivity index (χ2v) is 3.91. The van der Waals surface area contributed by atoms with E-state index in [4.69, 9.17) is 5.11 Å². The average Bonchev–Trinajstić information content (AvgIpc) is 2.47. The summed E-state index contributed by atoms with van der Waals surface area (Å²) in [7, 11) is 1.97. The summed E-state index contributed by atoms with van der Waals surface area (Å²) >= 11 is 0. The lowest BCUT2D eigenvalue weighted by molar-refractivity contribution is -0.143. The molecule has 1 aliphatic carbocycles. The van der Waals surface area contributed by atoms with Gasteiger partial charge in [0, 0.05) is 7.05 Å². The molecule has 1 aliphatic heterocycles. The highest BCUT2D eigenvalue weighted by Crippen LogP contribution is 2.31. The highest BCUT2D eigenvalue weighted by Gasteiger charge is 2.37. The van der Waals surface area contributed by atoms with Crippen LogP contribution in [0.2, 0.25) is 0 Å². The molecule has 2 rings (SSSR count). The third-order valence-corrected chi connectivity index (χ3v) is 3.09. The van der Waals surface area contributed by atoms with Crippen LogP contribution >= 0.6 is 0 Å². The Hall–Kier alpha value is -1.06. The Morgan fingerprint density at radius 1 is 1.62 bits per heavy atom. The number of carbonyl (C=O) groups is 1. The summed E-state index contributed by atoms with van der Waals surface area (Å²) < 4.78 is 0. The second-order valence-electron chi connectivity index (χ2n) is 3.91. The van der Waals surface area contributed by atoms with Crippen molar-refractivity contribution in [3.8, 4) is 0 Å². The van der Waals surface area contributed by atoms with Crippen molar-refractivity contribution in [3.63, 3.8) is 0 Å². The molecule has 4 nitrogen and oxygen atoms in total. The van der Waals surface area contributed by atoms with Gasteiger partial charge in [0.25, 0.3) is 0 Å². The summed E-state index contributed by atoms with van der Waals surface area (Å²) in [5, 5.41) is 8.89. The minimum absolute atomic E-state index is 0.162. The van der Waals surface area contributed by atoms with Crippen LogP contribution in [0.4, 0.5) is 0 Å². The maximum Gasteiger partial charge on any atom is 0.306 e. The highest BCUT2D eigenvalue weighted by molar-refractivity contribution is 5.70. The lowest BCUT2D eigenvalue weighted by Gasteiger charge is -2.32. The van der Waals surface area contributed by atoms with Gasteiger partial charge in [-0.1, -0.05) is 0 Å². The van der Waals surface area contributed by atoms with Crippen LogP contribution in [0.15, 0.2) is 4.99 Å². The van der Waals surface area contributed by atoms with E-state index < -0.39 is 5.97 Å². The molecule has 1 heterocycles. The first-order chi connectivity index (χ1) is 6.18. The molecule has 0 radical (unpaired) electrons. The standard InChI is InChI=1S/C9H14N2O2/c1-11-5-10-7-3-2-6(9(12)13)4-8(7)11/h5-8H,2-4H2,1H3,(H,12,13). The highest BCUT2D eigenvalue weighted by atomic mass is 16.4. The largest absolute Gasteiger partial charge is 0.481 e. The van der Waals surface area contributed by atoms with E-state index in [9.17, 15) is 4.79 Å². The number of rotatable bonds is 1. The van der Waals surface area contributed by atoms with E-state index in [0.717, 1.165) is 19.3 Å². The van der Waals surface area contributed by atoms with Crippen LogP contribution in [-0.2, 0) is 4.79 Å². The quantitative estimate of drug-likeness (QED) is 0.645. The molecule has 72 valence electrons. The number of likely N-dealkylation sites (N-methyl/N-ethyl adjacent to an activating group) is 1. The fourth-order valence-electron chi connectivity index (χ4n) is 2.24. The van der Waals surface area contributed by atoms with Gasteiger partial charge in [0.15, 0.2) is 0 Å². The molecule has 3 atom stereocenters. The number of nitrogens with zero attached hydrogens (tertiary/aromatic N) is 2. The van der Waals surface area contributed by atoms with Crippen LogP contribution in [-0.4, -0.2) is 41.4 Å². The van der Waals surface area contributed by atoms with Crippen molar-refractivity contribution in [3.05, 3.63) is 0 Å². The fourth-order valence-corrected chi connectivity index (χ4v) is 2.24. The molecule has 0 amide bonds. The first kappa shape index (κ1) is 8.53. The summed E-state index contributed by atoms with van der Waals surface area (Å²) in [6.07, 6.45) is 4.28. The number of carboxylic acids is 1. The Balaban J connectivity index is 2.04. The number of fused-ring (bicyclic) bond motifs is 1. The van der Waals surface area contributed by atoms with E-state index >= 15 is 0 Å². The Morgan fingerprint density at radius 3 is 3.08 bits per heavy atom. The molecule has 0 aromatic heterocycles. The van der Waals surface area contributed by atoms with Crippen molar-refractivity contribution in [1.29, 1.82) is 0 Å². The van der Waals surface area contributed by atoms with Gasteiger partial charge in [-0.05, 0) is 19.3 Å². The van der Waals surface area contributed by atoms with Crippen molar-refractivity contribution < 1.29 is 9.90 Å². The monoisotopic (exact) mass is 182 g/mol. The Labute approximate surface area is 77.3 Å². The van der Waals surface area contributed by atoms with Crippen molar-refractivity contribution in [2.24, 2.45) is 10.9 Å². The fraction of sp³-hybridized carbons (Fsp3) is 0.778. The number of carboxylic acid groups (broad SMARTS) is 1. The van der Waals surface area contributed by atoms with E-state index in [2.05, 4.69) is 4.99 Å². The van der Waals surface area contributed by atoms with Gasteiger partial charge < -0.3 is 10.0 Å². The van der Waals surface area contributed by atoms with Crippen molar-refractivity contribution in [1.82, 2.24) is 4.90 Å². The molecule has 13 heavy (non-hydrogen) atoms. The number of hydrogen-bond donors (Lipinski definition) is 1. The zero-order valence-corrected chi connectivity index (χ0v) is 7.68. The molecular weight excluding hydrogens is 168 g/mol. The molecule has 1 fully saturated rings. The Bertz CT molecular complexity index is 252. The second kappa shape index (κ2) is 3.01. The van der Waals surface area contributed by atoms with E-state index in [1.807, 2.05) is 18.3 Å². The van der Waals surface area contributed by atoms with E-state index in [-0.39, 0.29) is 5.92 Å². The Kier molecular flexibility index (Phi) is 1.98. The zero-order chi connectivity index (χ0) is 9.42. The minimum atomic E-state index is -0.654. The molecular formula is C9H14N2O2. The van der Waals surface area contributed by atoms with Crippen molar-refractivity contribution in [2.75, 3.05) is 7.05 Å². The normalized spacial score (nSPS) is 37.6. The molecule has 1 N–H and O–H groups in total. The lowest BCUT2D eigenvalue weighted by Crippen LogP contribution is -2.40. The van der Waals surface area contributed by atoms with Crippen LogP contribution in [0.25, 0.3) is 0 Å². The third kappa shape index (κ3) is 1.41. The summed E-state index contributed by atoms with van der Waals surface area (Å²) in [4.78, 5) is 17.2. The maximum absolute atomic E-state index is 10.8. The van der Waals surface area contributed by atoms with Crippen LogP contribution in [0.1, 0.15) is 19.3 Å². The molecule has 0 spiro atoms. The molecule has 0 aromatic rings. The number of hydrogen-bond acceptors (Lipinski definition) is 3. The Morgan fingerprint density at radius 2 is 2.38 bits per heavy atom. The first-order valence-corrected chi connectivity index (χ1v) is 4.66. The van der Waals surface area contributed by atoms with Crippen LogP contribution in [0.5, 0.6) is 0 Å². The minimum Gasteiger partial charge on any atom is -0.481 e. The molecule has 0 saturated heterocycles. The lowest BCUT2D eigenvalue weighted by atomic mass is 9.83. The van der Waals surface area contributed by atoms with Gasteiger partial charge in [0.1, 0.15) is 0 Å². The van der Waals surface area contributed by atoms with Gasteiger partial charge in [-0.15, -0.1) is 0 Å². The van der Waals surface area contributed by atoms with E-state index in [1.165, 1.54) is 0 Å². The predicted octanol–water partition coefficient (Wildman–Crippen LogP) is 0.582. The molecule has 0 bridgehead atoms. The zero-order valence-electron chi connectivity index (χ0n) is 7.68. The third-order valence-electron chi connectivity index (χ3n) is 3.09. The smallest absolute Gasteiger partial charge is 0.306 e. The van der Waals surface area contributed by atoms with Gasteiger partial charge in [0.05, 0.1) is 24.3 Å². The molecule has 3 unspecified atom stereocenters. The maximum atomic E-state index is 10.8. The van der Waals surface area contributed by atoms with Gasteiger partial charge in [0.2, 0.25) is 0 Å². The summed E-state index contributed by atoms with van der Waals surface area (Å²) in [5.41, 5.74) is 0.